The van der Waals surface area contributed by atoms with Gasteiger partial charge in [0.1, 0.15) is 12.4 Å². The van der Waals surface area contributed by atoms with E-state index in [1.807, 2.05) is 29.7 Å². The van der Waals surface area contributed by atoms with Crippen molar-refractivity contribution in [3.8, 4) is 5.75 Å². The van der Waals surface area contributed by atoms with Crippen molar-refractivity contribution in [3.05, 3.63) is 23.8 Å². The van der Waals surface area contributed by atoms with Gasteiger partial charge in [0.25, 0.3) is 5.91 Å². The Morgan fingerprint density at radius 3 is 2.07 bits per heavy atom. The number of rotatable bonds is 5. The summed E-state index contributed by atoms with van der Waals surface area (Å²) in [6.07, 6.45) is 0. The second-order valence-electron chi connectivity index (χ2n) is 10.8. The maximum atomic E-state index is 13.4. The van der Waals surface area contributed by atoms with Crippen LogP contribution in [0.1, 0.15) is 54.0 Å². The molecule has 0 bridgehead atoms. The highest BCUT2D eigenvalue weighted by Crippen LogP contribution is 2.46. The van der Waals surface area contributed by atoms with Gasteiger partial charge in [-0.05, 0) is 42.2 Å². The smallest absolute Gasteiger partial charge is 0.273 e. The molecule has 0 spiro atoms. The van der Waals surface area contributed by atoms with Crippen LogP contribution in [0.3, 0.4) is 0 Å². The van der Waals surface area contributed by atoms with Gasteiger partial charge in [0.2, 0.25) is 8.32 Å². The SMILES string of the molecule is CCO/N=C1\C(=O)N([Si](C)(C)C(C)(C)C)c2cc(O[Si](C)(C)C(C)(C)C)ccc21. The Kier molecular flexibility index (Phi) is 6.18. The lowest BCUT2D eigenvalue weighted by molar-refractivity contribution is -0.111. The minimum atomic E-state index is -2.18. The van der Waals surface area contributed by atoms with Crippen molar-refractivity contribution in [2.75, 3.05) is 11.2 Å². The molecule has 0 fully saturated rings. The maximum absolute atomic E-state index is 13.4. The minimum Gasteiger partial charge on any atom is -0.543 e. The van der Waals surface area contributed by atoms with Gasteiger partial charge in [0.05, 0.1) is 0 Å². The molecule has 29 heavy (non-hydrogen) atoms. The molecule has 0 aliphatic carbocycles. The molecule has 162 valence electrons. The van der Waals surface area contributed by atoms with Gasteiger partial charge < -0.3 is 13.8 Å². The number of nitrogens with zero attached hydrogens (tertiary/aromatic N) is 2. The summed E-state index contributed by atoms with van der Waals surface area (Å²) in [5, 5.41) is 4.27. The topological polar surface area (TPSA) is 51.1 Å². The van der Waals surface area contributed by atoms with Crippen LogP contribution in [-0.4, -0.2) is 34.8 Å². The molecule has 1 amide bonds. The number of oxime groups is 1. The van der Waals surface area contributed by atoms with E-state index < -0.39 is 16.6 Å². The molecule has 0 radical (unpaired) electrons. The van der Waals surface area contributed by atoms with E-state index in [1.165, 1.54) is 0 Å². The largest absolute Gasteiger partial charge is 0.543 e. The van der Waals surface area contributed by atoms with Crippen molar-refractivity contribution >= 4 is 33.9 Å². The summed E-state index contributed by atoms with van der Waals surface area (Å²) in [5.74, 6) is 0.758. The lowest BCUT2D eigenvalue weighted by Gasteiger charge is -2.44. The molecule has 7 heteroatoms. The van der Waals surface area contributed by atoms with Crippen molar-refractivity contribution in [2.45, 2.75) is 84.7 Å². The van der Waals surface area contributed by atoms with Gasteiger partial charge in [-0.1, -0.05) is 59.8 Å². The Bertz CT molecular complexity index is 818. The molecule has 1 aromatic carbocycles. The fourth-order valence-corrected chi connectivity index (χ4v) is 5.94. The first-order chi connectivity index (χ1) is 13.0. The third-order valence-corrected chi connectivity index (χ3v) is 16.3. The number of benzene rings is 1. The van der Waals surface area contributed by atoms with E-state index in [2.05, 4.69) is 72.9 Å². The normalized spacial score (nSPS) is 17.0. The fourth-order valence-electron chi connectivity index (χ4n) is 2.85. The van der Waals surface area contributed by atoms with Crippen molar-refractivity contribution < 1.29 is 14.1 Å². The average molecular weight is 435 g/mol. The molecule has 0 aromatic heterocycles. The Morgan fingerprint density at radius 2 is 1.59 bits per heavy atom. The van der Waals surface area contributed by atoms with Crippen LogP contribution in [0.4, 0.5) is 5.69 Å². The lowest BCUT2D eigenvalue weighted by atomic mass is 10.1. The quantitative estimate of drug-likeness (QED) is 0.412. The molecule has 5 nitrogen and oxygen atoms in total. The van der Waals surface area contributed by atoms with E-state index in [0.29, 0.717) is 12.3 Å². The molecular weight excluding hydrogens is 396 g/mol. The molecule has 0 unspecified atom stereocenters. The van der Waals surface area contributed by atoms with Gasteiger partial charge in [-0.25, -0.2) is 0 Å². The summed E-state index contributed by atoms with van der Waals surface area (Å²) in [7, 11) is -4.17. The van der Waals surface area contributed by atoms with Crippen molar-refractivity contribution in [2.24, 2.45) is 5.16 Å². The zero-order valence-electron chi connectivity index (χ0n) is 20.1. The number of hydrogen-bond acceptors (Lipinski definition) is 4. The average Bonchev–Trinajstić information content (AvgIpc) is 2.81. The van der Waals surface area contributed by atoms with Gasteiger partial charge in [-0.15, -0.1) is 0 Å². The lowest BCUT2D eigenvalue weighted by Crippen LogP contribution is -2.57. The van der Waals surface area contributed by atoms with E-state index in [1.54, 1.807) is 0 Å². The first-order valence-electron chi connectivity index (χ1n) is 10.4. The minimum absolute atomic E-state index is 0.00269. The summed E-state index contributed by atoms with van der Waals surface area (Å²) in [5.41, 5.74) is 2.12. The Morgan fingerprint density at radius 1 is 1.00 bits per heavy atom. The van der Waals surface area contributed by atoms with Crippen LogP contribution in [0.15, 0.2) is 23.4 Å². The van der Waals surface area contributed by atoms with Gasteiger partial charge in [-0.2, -0.15) is 0 Å². The predicted molar refractivity (Wildman–Crippen MR) is 127 cm³/mol. The van der Waals surface area contributed by atoms with Crippen molar-refractivity contribution in [1.29, 1.82) is 0 Å². The van der Waals surface area contributed by atoms with Gasteiger partial charge >= 0.3 is 0 Å². The monoisotopic (exact) mass is 434 g/mol. The molecular formula is C22H38N2O3Si2. The van der Waals surface area contributed by atoms with Crippen LogP contribution >= 0.6 is 0 Å². The fraction of sp³-hybridized carbons (Fsp3) is 0.636. The first kappa shape index (κ1) is 23.7. The van der Waals surface area contributed by atoms with Crippen LogP contribution in [0.25, 0.3) is 0 Å². The summed E-state index contributed by atoms with van der Waals surface area (Å²) < 4.78 is 8.53. The number of anilines is 1. The second-order valence-corrected chi connectivity index (χ2v) is 20.6. The molecule has 0 atom stereocenters. The van der Waals surface area contributed by atoms with Crippen LogP contribution in [-0.2, 0) is 9.63 Å². The number of fused-ring (bicyclic) bond motifs is 1. The summed E-state index contributed by atoms with van der Waals surface area (Å²) in [4.78, 5) is 18.7. The molecule has 1 aromatic rings. The van der Waals surface area contributed by atoms with Gasteiger partial charge in [0.15, 0.2) is 13.9 Å². The van der Waals surface area contributed by atoms with Gasteiger partial charge in [0, 0.05) is 17.3 Å². The van der Waals surface area contributed by atoms with Crippen LogP contribution in [0.5, 0.6) is 5.75 Å². The number of carbonyl (C=O) groups is 1. The van der Waals surface area contributed by atoms with Crippen molar-refractivity contribution in [3.63, 3.8) is 0 Å². The van der Waals surface area contributed by atoms with Gasteiger partial charge in [-0.3, -0.25) is 4.79 Å². The van der Waals surface area contributed by atoms with E-state index in [4.69, 9.17) is 9.26 Å². The summed E-state index contributed by atoms with van der Waals surface area (Å²) >= 11 is 0. The molecule has 0 saturated heterocycles. The van der Waals surface area contributed by atoms with Crippen LogP contribution < -0.4 is 8.99 Å². The van der Waals surface area contributed by atoms with E-state index in [0.717, 1.165) is 17.0 Å². The molecule has 1 aliphatic rings. The number of carbonyl (C=O) groups excluding carboxylic acids is 1. The standard InChI is InChI=1S/C22H38N2O3Si2/c1-12-26-23-19-17-14-13-16(27-29(10,11)22(5,6)7)15-18(17)24(20(19)25)28(8,9)21(2,3)4/h13-15H,12H2,1-11H3/b23-19-. The highest BCUT2D eigenvalue weighted by molar-refractivity contribution is 6.90. The zero-order chi connectivity index (χ0) is 22.4. The van der Waals surface area contributed by atoms with Crippen molar-refractivity contribution in [1.82, 2.24) is 0 Å². The molecule has 0 N–H and O–H groups in total. The highest BCUT2D eigenvalue weighted by atomic mass is 28.4. The number of hydrogen-bond donors (Lipinski definition) is 0. The summed E-state index contributed by atoms with van der Waals surface area (Å²) in [6.45, 7) is 24.5. The Balaban J connectivity index is 2.62. The predicted octanol–water partition coefficient (Wildman–Crippen LogP) is 6.16. The van der Waals surface area contributed by atoms with E-state index in [-0.39, 0.29) is 16.0 Å². The highest BCUT2D eigenvalue weighted by Gasteiger charge is 2.50. The molecule has 1 heterocycles. The van der Waals surface area contributed by atoms with Crippen LogP contribution in [0.2, 0.25) is 36.3 Å². The van der Waals surface area contributed by atoms with E-state index >= 15 is 0 Å². The summed E-state index contributed by atoms with van der Waals surface area (Å²) in [6, 6.07) is 5.95. The third-order valence-electron chi connectivity index (χ3n) is 6.73. The Hall–Kier alpha value is -1.61. The zero-order valence-corrected chi connectivity index (χ0v) is 22.1. The number of amides is 1. The molecule has 1 aliphatic heterocycles. The molecule has 0 saturated carbocycles. The maximum Gasteiger partial charge on any atom is 0.273 e. The van der Waals surface area contributed by atoms with Crippen LogP contribution in [0, 0.1) is 0 Å². The third kappa shape index (κ3) is 4.31. The first-order valence-corrected chi connectivity index (χ1v) is 16.3. The Labute approximate surface area is 178 Å². The second kappa shape index (κ2) is 7.58. The van der Waals surface area contributed by atoms with E-state index in [9.17, 15) is 4.79 Å². The molecule has 2 rings (SSSR count).